The zero-order valence-corrected chi connectivity index (χ0v) is 14.1. The molecular formula is C15H22ClN3O4. The molecule has 23 heavy (non-hydrogen) atoms. The minimum Gasteiger partial charge on any atom is -0.468 e. The van der Waals surface area contributed by atoms with E-state index >= 15 is 0 Å². The van der Waals surface area contributed by atoms with Gasteiger partial charge in [0.2, 0.25) is 5.91 Å². The molecule has 0 saturated carbocycles. The summed E-state index contributed by atoms with van der Waals surface area (Å²) >= 11 is 0. The van der Waals surface area contributed by atoms with E-state index in [1.807, 2.05) is 13.8 Å². The van der Waals surface area contributed by atoms with E-state index in [9.17, 15) is 14.4 Å². The van der Waals surface area contributed by atoms with E-state index in [2.05, 4.69) is 15.4 Å². The summed E-state index contributed by atoms with van der Waals surface area (Å²) in [4.78, 5) is 34.5. The molecule has 1 aromatic rings. The van der Waals surface area contributed by atoms with E-state index in [0.717, 1.165) is 0 Å². The topological polar surface area (TPSA) is 111 Å². The molecule has 0 spiro atoms. The fourth-order valence-corrected chi connectivity index (χ4v) is 1.56. The van der Waals surface area contributed by atoms with Gasteiger partial charge in [-0.05, 0) is 30.2 Å². The fourth-order valence-electron chi connectivity index (χ4n) is 1.56. The van der Waals surface area contributed by atoms with Crippen molar-refractivity contribution in [1.82, 2.24) is 5.32 Å². The Bertz CT molecular complexity index is 546. The lowest BCUT2D eigenvalue weighted by atomic mass is 10.0. The Labute approximate surface area is 141 Å². The van der Waals surface area contributed by atoms with Crippen LogP contribution < -0.4 is 16.4 Å². The highest BCUT2D eigenvalue weighted by molar-refractivity contribution is 5.98. The van der Waals surface area contributed by atoms with Gasteiger partial charge in [-0.15, -0.1) is 12.4 Å². The van der Waals surface area contributed by atoms with E-state index in [4.69, 9.17) is 5.73 Å². The summed E-state index contributed by atoms with van der Waals surface area (Å²) in [6.07, 6.45) is 0. The Kier molecular flexibility index (Phi) is 8.90. The average Bonchev–Trinajstić information content (AvgIpc) is 2.51. The number of amides is 2. The number of anilines is 1. The van der Waals surface area contributed by atoms with Gasteiger partial charge in [-0.25, -0.2) is 0 Å². The quantitative estimate of drug-likeness (QED) is 0.665. The summed E-state index contributed by atoms with van der Waals surface area (Å²) in [7, 11) is 1.24. The van der Waals surface area contributed by atoms with Crippen LogP contribution in [0.4, 0.5) is 5.69 Å². The van der Waals surface area contributed by atoms with Crippen molar-refractivity contribution in [2.45, 2.75) is 19.9 Å². The summed E-state index contributed by atoms with van der Waals surface area (Å²) in [6.45, 7) is 3.52. The molecular weight excluding hydrogens is 322 g/mol. The first-order valence-corrected chi connectivity index (χ1v) is 6.86. The van der Waals surface area contributed by atoms with E-state index in [-0.39, 0.29) is 30.8 Å². The molecule has 7 nitrogen and oxygen atoms in total. The molecule has 0 unspecified atom stereocenters. The van der Waals surface area contributed by atoms with Crippen molar-refractivity contribution in [2.24, 2.45) is 11.7 Å². The Hall–Kier alpha value is -2.12. The van der Waals surface area contributed by atoms with Crippen molar-refractivity contribution in [3.8, 4) is 0 Å². The van der Waals surface area contributed by atoms with Crippen LogP contribution in [0, 0.1) is 5.92 Å². The van der Waals surface area contributed by atoms with Crippen molar-refractivity contribution in [3.05, 3.63) is 29.8 Å². The van der Waals surface area contributed by atoms with Crippen LogP contribution in [-0.2, 0) is 14.3 Å². The highest BCUT2D eigenvalue weighted by Gasteiger charge is 2.17. The maximum absolute atomic E-state index is 11.8. The Morgan fingerprint density at radius 1 is 1.17 bits per heavy atom. The Balaban J connectivity index is 0.00000484. The molecule has 0 saturated heterocycles. The standard InChI is InChI=1S/C15H21N3O4.ClH/c1-9(2)13(16)15(21)18-11-6-4-10(5-7-11)14(20)17-8-12(19)22-3;/h4-7,9,13H,8,16H2,1-3H3,(H,17,20)(H,18,21);1H/t13-;/m0./s1. The number of carbonyl (C=O) groups excluding carboxylic acids is 3. The maximum atomic E-state index is 11.8. The average molecular weight is 344 g/mol. The first-order valence-electron chi connectivity index (χ1n) is 6.86. The second-order valence-electron chi connectivity index (χ2n) is 5.10. The summed E-state index contributed by atoms with van der Waals surface area (Å²) in [5.41, 5.74) is 6.66. The Morgan fingerprint density at radius 2 is 1.74 bits per heavy atom. The highest BCUT2D eigenvalue weighted by Crippen LogP contribution is 2.11. The van der Waals surface area contributed by atoms with Gasteiger partial charge in [0.15, 0.2) is 0 Å². The first kappa shape index (κ1) is 20.9. The number of carbonyl (C=O) groups is 3. The number of halogens is 1. The first-order chi connectivity index (χ1) is 10.3. The minimum absolute atomic E-state index is 0. The summed E-state index contributed by atoms with van der Waals surface area (Å²) in [5, 5.41) is 5.10. The second kappa shape index (κ2) is 9.81. The van der Waals surface area contributed by atoms with Crippen molar-refractivity contribution in [1.29, 1.82) is 0 Å². The van der Waals surface area contributed by atoms with Crippen LogP contribution in [0.3, 0.4) is 0 Å². The van der Waals surface area contributed by atoms with Gasteiger partial charge in [0, 0.05) is 11.3 Å². The van der Waals surface area contributed by atoms with Crippen molar-refractivity contribution in [3.63, 3.8) is 0 Å². The third-order valence-corrected chi connectivity index (χ3v) is 3.06. The molecule has 0 bridgehead atoms. The number of methoxy groups -OCH3 is 1. The SMILES string of the molecule is COC(=O)CNC(=O)c1ccc(NC(=O)[C@@H](N)C(C)C)cc1.Cl. The lowest BCUT2D eigenvalue weighted by Crippen LogP contribution is -2.39. The monoisotopic (exact) mass is 343 g/mol. The van der Waals surface area contributed by atoms with Crippen molar-refractivity contribution >= 4 is 35.9 Å². The van der Waals surface area contributed by atoms with E-state index in [1.54, 1.807) is 24.3 Å². The minimum atomic E-state index is -0.594. The molecule has 1 aromatic carbocycles. The zero-order chi connectivity index (χ0) is 16.7. The summed E-state index contributed by atoms with van der Waals surface area (Å²) < 4.78 is 4.43. The molecule has 4 N–H and O–H groups in total. The predicted octanol–water partition coefficient (Wildman–Crippen LogP) is 0.933. The van der Waals surface area contributed by atoms with Gasteiger partial charge < -0.3 is 21.1 Å². The number of nitrogens with two attached hydrogens (primary N) is 1. The number of hydrogen-bond donors (Lipinski definition) is 3. The number of ether oxygens (including phenoxy) is 1. The lowest BCUT2D eigenvalue weighted by molar-refractivity contribution is -0.139. The van der Waals surface area contributed by atoms with Crippen LogP contribution in [-0.4, -0.2) is 37.5 Å². The molecule has 2 amide bonds. The van der Waals surface area contributed by atoms with Crippen LogP contribution in [0.2, 0.25) is 0 Å². The molecule has 0 radical (unpaired) electrons. The van der Waals surface area contributed by atoms with E-state index in [0.29, 0.717) is 11.3 Å². The van der Waals surface area contributed by atoms with Crippen LogP contribution in [0.1, 0.15) is 24.2 Å². The maximum Gasteiger partial charge on any atom is 0.325 e. The van der Waals surface area contributed by atoms with Gasteiger partial charge in [0.1, 0.15) is 6.54 Å². The number of benzene rings is 1. The molecule has 0 aliphatic rings. The molecule has 0 aromatic heterocycles. The van der Waals surface area contributed by atoms with Gasteiger partial charge in [-0.3, -0.25) is 14.4 Å². The van der Waals surface area contributed by atoms with Gasteiger partial charge >= 0.3 is 5.97 Å². The van der Waals surface area contributed by atoms with Crippen molar-refractivity contribution in [2.75, 3.05) is 19.0 Å². The Morgan fingerprint density at radius 3 is 2.22 bits per heavy atom. The zero-order valence-electron chi connectivity index (χ0n) is 13.3. The number of esters is 1. The second-order valence-corrected chi connectivity index (χ2v) is 5.10. The highest BCUT2D eigenvalue weighted by atomic mass is 35.5. The van der Waals surface area contributed by atoms with E-state index in [1.165, 1.54) is 7.11 Å². The lowest BCUT2D eigenvalue weighted by Gasteiger charge is -2.15. The van der Waals surface area contributed by atoms with Crippen LogP contribution in [0.15, 0.2) is 24.3 Å². The smallest absolute Gasteiger partial charge is 0.325 e. The predicted molar refractivity (Wildman–Crippen MR) is 89.5 cm³/mol. The largest absolute Gasteiger partial charge is 0.468 e. The third kappa shape index (κ3) is 6.66. The summed E-state index contributed by atoms with van der Waals surface area (Å²) in [5.74, 6) is -1.18. The fraction of sp³-hybridized carbons (Fsp3) is 0.400. The number of rotatable bonds is 6. The molecule has 1 rings (SSSR count). The van der Waals surface area contributed by atoms with Gasteiger partial charge in [0.05, 0.1) is 13.2 Å². The van der Waals surface area contributed by atoms with Crippen LogP contribution >= 0.6 is 12.4 Å². The third-order valence-electron chi connectivity index (χ3n) is 3.06. The molecule has 0 fully saturated rings. The number of nitrogens with one attached hydrogen (secondary N) is 2. The van der Waals surface area contributed by atoms with Gasteiger partial charge in [-0.1, -0.05) is 13.8 Å². The molecule has 0 aliphatic heterocycles. The summed E-state index contributed by atoms with van der Waals surface area (Å²) in [6, 6.07) is 5.69. The molecule has 0 aliphatic carbocycles. The molecule has 8 heteroatoms. The molecule has 1 atom stereocenters. The van der Waals surface area contributed by atoms with Crippen LogP contribution in [0.25, 0.3) is 0 Å². The van der Waals surface area contributed by atoms with E-state index < -0.39 is 17.9 Å². The molecule has 0 heterocycles. The van der Waals surface area contributed by atoms with Crippen molar-refractivity contribution < 1.29 is 19.1 Å². The van der Waals surface area contributed by atoms with Crippen LogP contribution in [0.5, 0.6) is 0 Å². The molecule has 128 valence electrons. The normalized spacial score (nSPS) is 11.2. The van der Waals surface area contributed by atoms with Gasteiger partial charge in [-0.2, -0.15) is 0 Å². The number of hydrogen-bond acceptors (Lipinski definition) is 5. The van der Waals surface area contributed by atoms with Gasteiger partial charge in [0.25, 0.3) is 5.91 Å².